The summed E-state index contributed by atoms with van der Waals surface area (Å²) in [5.41, 5.74) is 2.03. The molecule has 0 aliphatic heterocycles. The quantitative estimate of drug-likeness (QED) is 0.342. The molecule has 0 spiro atoms. The second kappa shape index (κ2) is 10.7. The summed E-state index contributed by atoms with van der Waals surface area (Å²) in [5, 5.41) is 35.4. The summed E-state index contributed by atoms with van der Waals surface area (Å²) < 4.78 is 0. The van der Waals surface area contributed by atoms with Crippen LogP contribution in [0.3, 0.4) is 0 Å². The number of phenolic OH excluding ortho intramolecular Hbond substituents is 2. The highest BCUT2D eigenvalue weighted by molar-refractivity contribution is 6.01. The number of nitrogens with zero attached hydrogens (tertiary/aromatic N) is 5. The van der Waals surface area contributed by atoms with Crippen molar-refractivity contribution in [3.63, 3.8) is 0 Å². The molecule has 3 N–H and O–H groups in total. The lowest BCUT2D eigenvalue weighted by Gasteiger charge is -2.33. The topological polar surface area (TPSA) is 133 Å². The molecule has 4 aromatic rings. The summed E-state index contributed by atoms with van der Waals surface area (Å²) >= 11 is 0. The molecular weight excluding hydrogens is 484 g/mol. The van der Waals surface area contributed by atoms with Crippen LogP contribution in [0.15, 0.2) is 72.8 Å². The third kappa shape index (κ3) is 6.33. The first-order valence-electron chi connectivity index (χ1n) is 12.1. The van der Waals surface area contributed by atoms with Gasteiger partial charge in [-0.1, -0.05) is 48.0 Å². The molecule has 10 nitrogen and oxygen atoms in total. The lowest BCUT2D eigenvalue weighted by molar-refractivity contribution is -0.128. The Bertz CT molecular complexity index is 1420. The maximum Gasteiger partial charge on any atom is 0.251 e. The maximum absolute atomic E-state index is 13.9. The largest absolute Gasteiger partial charge is 0.508 e. The number of aromatic nitrogens is 4. The van der Waals surface area contributed by atoms with Crippen LogP contribution in [0.2, 0.25) is 0 Å². The standard InChI is InChI=1S/C28H30N6O4/c1-18-8-10-20(11-9-18)26-30-32-33(31-26)17-24(37)34(21-6-5-7-23(36)16-21)25(27(38)29-28(2,3)4)19-12-14-22(35)15-13-19/h5-16,25,35-36H,17H2,1-4H3,(H,29,38)/t25-/m0/s1. The van der Waals surface area contributed by atoms with Crippen molar-refractivity contribution < 1.29 is 19.8 Å². The number of aryl methyl sites for hydroxylation is 1. The summed E-state index contributed by atoms with van der Waals surface area (Å²) in [6, 6.07) is 18.6. The fourth-order valence-electron chi connectivity index (χ4n) is 3.92. The van der Waals surface area contributed by atoms with Gasteiger partial charge in [-0.2, -0.15) is 4.80 Å². The molecule has 3 aromatic carbocycles. The van der Waals surface area contributed by atoms with Crippen molar-refractivity contribution >= 4 is 17.5 Å². The Morgan fingerprint density at radius 3 is 2.29 bits per heavy atom. The van der Waals surface area contributed by atoms with E-state index in [2.05, 4.69) is 20.7 Å². The Labute approximate surface area is 220 Å². The molecule has 4 rings (SSSR count). The Kier molecular flexibility index (Phi) is 7.43. The number of benzene rings is 3. The predicted octanol–water partition coefficient (Wildman–Crippen LogP) is 3.75. The van der Waals surface area contributed by atoms with Gasteiger partial charge in [0.2, 0.25) is 11.7 Å². The summed E-state index contributed by atoms with van der Waals surface area (Å²) in [4.78, 5) is 30.0. The second-order valence-corrected chi connectivity index (χ2v) is 10.0. The third-order valence-corrected chi connectivity index (χ3v) is 5.63. The van der Waals surface area contributed by atoms with Gasteiger partial charge >= 0.3 is 0 Å². The highest BCUT2D eigenvalue weighted by Crippen LogP contribution is 2.31. The Hall–Kier alpha value is -4.73. The number of hydrogen-bond acceptors (Lipinski definition) is 7. The number of carbonyl (C=O) groups excluding carboxylic acids is 2. The average molecular weight is 515 g/mol. The van der Waals surface area contributed by atoms with Crippen molar-refractivity contribution in [2.75, 3.05) is 4.90 Å². The van der Waals surface area contributed by atoms with Crippen LogP contribution in [0, 0.1) is 6.92 Å². The number of aromatic hydroxyl groups is 2. The molecule has 0 fully saturated rings. The normalized spacial score (nSPS) is 12.1. The number of phenols is 2. The van der Waals surface area contributed by atoms with E-state index in [1.54, 1.807) is 24.3 Å². The minimum absolute atomic E-state index is 0.0226. The summed E-state index contributed by atoms with van der Waals surface area (Å²) in [6.07, 6.45) is 0. The van der Waals surface area contributed by atoms with Gasteiger partial charge in [0.25, 0.3) is 5.91 Å². The lowest BCUT2D eigenvalue weighted by Crippen LogP contribution is -2.50. The Morgan fingerprint density at radius 1 is 0.974 bits per heavy atom. The van der Waals surface area contributed by atoms with Crippen LogP contribution >= 0.6 is 0 Å². The van der Waals surface area contributed by atoms with E-state index in [0.717, 1.165) is 11.1 Å². The molecule has 10 heteroatoms. The van der Waals surface area contributed by atoms with Crippen LogP contribution in [0.5, 0.6) is 11.5 Å². The second-order valence-electron chi connectivity index (χ2n) is 10.0. The fraction of sp³-hybridized carbons (Fsp3) is 0.250. The molecule has 1 aromatic heterocycles. The third-order valence-electron chi connectivity index (χ3n) is 5.63. The van der Waals surface area contributed by atoms with Crippen molar-refractivity contribution in [1.29, 1.82) is 0 Å². The van der Waals surface area contributed by atoms with Gasteiger partial charge in [0.1, 0.15) is 24.1 Å². The van der Waals surface area contributed by atoms with Gasteiger partial charge in [-0.3, -0.25) is 14.5 Å². The van der Waals surface area contributed by atoms with Crippen molar-refractivity contribution in [3.8, 4) is 22.9 Å². The van der Waals surface area contributed by atoms with Crippen molar-refractivity contribution in [2.45, 2.75) is 45.8 Å². The molecule has 1 atom stereocenters. The molecule has 0 saturated carbocycles. The van der Waals surface area contributed by atoms with Gasteiger partial charge in [-0.05, 0) is 62.7 Å². The van der Waals surface area contributed by atoms with Crippen molar-refractivity contribution in [1.82, 2.24) is 25.5 Å². The molecule has 0 aliphatic rings. The van der Waals surface area contributed by atoms with Crippen molar-refractivity contribution in [3.05, 3.63) is 83.9 Å². The predicted molar refractivity (Wildman–Crippen MR) is 142 cm³/mol. The molecule has 0 saturated heterocycles. The minimum atomic E-state index is -1.12. The monoisotopic (exact) mass is 514 g/mol. The molecule has 196 valence electrons. The van der Waals surface area contributed by atoms with Crippen LogP contribution in [0.4, 0.5) is 5.69 Å². The fourth-order valence-corrected chi connectivity index (χ4v) is 3.92. The number of anilines is 1. The van der Waals surface area contributed by atoms with Crippen LogP contribution in [0.25, 0.3) is 11.4 Å². The van der Waals surface area contributed by atoms with Crippen LogP contribution in [-0.4, -0.2) is 47.8 Å². The molecule has 0 bridgehead atoms. The smallest absolute Gasteiger partial charge is 0.251 e. The van der Waals surface area contributed by atoms with Crippen LogP contribution in [-0.2, 0) is 16.1 Å². The van der Waals surface area contributed by atoms with Gasteiger partial charge in [0.05, 0.1) is 0 Å². The summed E-state index contributed by atoms with van der Waals surface area (Å²) in [6.45, 7) is 7.18. The zero-order valence-corrected chi connectivity index (χ0v) is 21.7. The lowest BCUT2D eigenvalue weighted by atomic mass is 10.0. The number of amides is 2. The zero-order chi connectivity index (χ0) is 27.4. The van der Waals surface area contributed by atoms with Crippen LogP contribution in [0.1, 0.15) is 37.9 Å². The van der Waals surface area contributed by atoms with Gasteiger partial charge in [-0.25, -0.2) is 0 Å². The number of nitrogens with one attached hydrogen (secondary N) is 1. The summed E-state index contributed by atoms with van der Waals surface area (Å²) in [5.74, 6) is -0.629. The molecule has 38 heavy (non-hydrogen) atoms. The zero-order valence-electron chi connectivity index (χ0n) is 21.7. The van der Waals surface area contributed by atoms with Crippen molar-refractivity contribution in [2.24, 2.45) is 0 Å². The van der Waals surface area contributed by atoms with Gasteiger partial charge in [-0.15, -0.1) is 10.2 Å². The molecule has 2 amide bonds. The van der Waals surface area contributed by atoms with Gasteiger partial charge < -0.3 is 15.5 Å². The first kappa shape index (κ1) is 26.3. The average Bonchev–Trinajstić information content (AvgIpc) is 3.30. The van der Waals surface area contributed by atoms with E-state index in [1.165, 1.54) is 34.0 Å². The first-order valence-corrected chi connectivity index (χ1v) is 12.1. The Morgan fingerprint density at radius 2 is 1.66 bits per heavy atom. The van der Waals surface area contributed by atoms with E-state index in [-0.39, 0.29) is 18.0 Å². The molecular formula is C28H30N6O4. The van der Waals surface area contributed by atoms with E-state index in [4.69, 9.17) is 0 Å². The molecule has 1 heterocycles. The number of carbonyl (C=O) groups is 2. The number of hydrogen-bond donors (Lipinski definition) is 3. The van der Waals surface area contributed by atoms with Gasteiger partial charge in [0, 0.05) is 22.9 Å². The maximum atomic E-state index is 13.9. The minimum Gasteiger partial charge on any atom is -0.508 e. The number of rotatable bonds is 7. The van der Waals surface area contributed by atoms with Gasteiger partial charge in [0.15, 0.2) is 0 Å². The molecule has 0 radical (unpaired) electrons. The first-order chi connectivity index (χ1) is 18.0. The van der Waals surface area contributed by atoms with E-state index in [9.17, 15) is 19.8 Å². The molecule has 0 aliphatic carbocycles. The Balaban J connectivity index is 1.74. The highest BCUT2D eigenvalue weighted by atomic mass is 16.3. The van der Waals surface area contributed by atoms with E-state index in [0.29, 0.717) is 17.1 Å². The van der Waals surface area contributed by atoms with E-state index in [1.807, 2.05) is 52.0 Å². The van der Waals surface area contributed by atoms with E-state index >= 15 is 0 Å². The number of tetrazole rings is 1. The van der Waals surface area contributed by atoms with Crippen LogP contribution < -0.4 is 10.2 Å². The summed E-state index contributed by atoms with van der Waals surface area (Å²) in [7, 11) is 0. The SMILES string of the molecule is Cc1ccc(-c2nnn(CC(=O)N(c3cccc(O)c3)[C@H](C(=O)NC(C)(C)C)c3ccc(O)cc3)n2)cc1. The molecule has 0 unspecified atom stereocenters. The highest BCUT2D eigenvalue weighted by Gasteiger charge is 2.35. The van der Waals surface area contributed by atoms with E-state index < -0.39 is 23.4 Å².